The predicted octanol–water partition coefficient (Wildman–Crippen LogP) is 3.92. The summed E-state index contributed by atoms with van der Waals surface area (Å²) in [4.78, 5) is 22.1. The van der Waals surface area contributed by atoms with Crippen LogP contribution in [0.4, 0.5) is 13.2 Å². The molecule has 0 saturated heterocycles. The number of nitrogens with zero attached hydrogens (tertiary/aromatic N) is 2. The van der Waals surface area contributed by atoms with E-state index < -0.39 is 17.3 Å². The number of hydrogen-bond donors (Lipinski definition) is 2. The van der Waals surface area contributed by atoms with Crippen molar-refractivity contribution in [2.45, 2.75) is 6.18 Å². The Hall–Kier alpha value is -2.94. The minimum atomic E-state index is -4.65. The third-order valence-corrected chi connectivity index (χ3v) is 4.80. The van der Waals surface area contributed by atoms with Gasteiger partial charge >= 0.3 is 6.18 Å². The second kappa shape index (κ2) is 5.28. The number of hydrogen-bond acceptors (Lipinski definition) is 5. The summed E-state index contributed by atoms with van der Waals surface area (Å²) >= 11 is 0.889. The van der Waals surface area contributed by atoms with E-state index in [9.17, 15) is 23.1 Å². The Balaban J connectivity index is 2.17. The molecule has 4 heterocycles. The highest BCUT2D eigenvalue weighted by molar-refractivity contribution is 7.25. The van der Waals surface area contributed by atoms with Gasteiger partial charge in [0.1, 0.15) is 10.6 Å². The van der Waals surface area contributed by atoms with Crippen molar-refractivity contribution in [2.24, 2.45) is 0 Å². The molecule has 2 N–H and O–H groups in total. The van der Waals surface area contributed by atoms with Gasteiger partial charge in [0.25, 0.3) is 5.56 Å². The Kier molecular flexibility index (Phi) is 3.29. The van der Waals surface area contributed by atoms with E-state index in [0.29, 0.717) is 5.56 Å². The second-order valence-corrected chi connectivity index (χ2v) is 6.29. The standard InChI is InChI=1S/C16H8F3N3O2S/c17-16(18,19)8-5-9(7-1-3-20-4-2-7)21-15-12(8)13-14(25-15)10(23)6-11(24)22-13/h1-6H,(H2,22,23,24). The topological polar surface area (TPSA) is 78.9 Å². The molecule has 0 aliphatic rings. The van der Waals surface area contributed by atoms with Crippen LogP contribution in [0.25, 0.3) is 31.7 Å². The van der Waals surface area contributed by atoms with E-state index >= 15 is 0 Å². The third kappa shape index (κ3) is 2.52. The van der Waals surface area contributed by atoms with Gasteiger partial charge in [0.2, 0.25) is 0 Å². The fourth-order valence-electron chi connectivity index (χ4n) is 2.64. The zero-order valence-electron chi connectivity index (χ0n) is 12.3. The summed E-state index contributed by atoms with van der Waals surface area (Å²) in [6, 6.07) is 4.98. The average molecular weight is 363 g/mol. The second-order valence-electron chi connectivity index (χ2n) is 5.29. The van der Waals surface area contributed by atoms with Gasteiger partial charge in [-0.2, -0.15) is 13.2 Å². The molecule has 9 heteroatoms. The van der Waals surface area contributed by atoms with E-state index in [2.05, 4.69) is 15.0 Å². The van der Waals surface area contributed by atoms with Gasteiger partial charge in [-0.15, -0.1) is 11.3 Å². The van der Waals surface area contributed by atoms with Crippen LogP contribution in [-0.4, -0.2) is 20.1 Å². The smallest absolute Gasteiger partial charge is 0.417 e. The summed E-state index contributed by atoms with van der Waals surface area (Å²) in [6.45, 7) is 0. The Labute approximate surface area is 141 Å². The largest absolute Gasteiger partial charge is 0.506 e. The predicted molar refractivity (Wildman–Crippen MR) is 87.6 cm³/mol. The molecule has 126 valence electrons. The molecule has 0 unspecified atom stereocenters. The van der Waals surface area contributed by atoms with Crippen molar-refractivity contribution in [3.8, 4) is 17.0 Å². The van der Waals surface area contributed by atoms with Crippen molar-refractivity contribution in [3.05, 3.63) is 52.6 Å². The highest BCUT2D eigenvalue weighted by Gasteiger charge is 2.35. The molecule has 4 aromatic rings. The van der Waals surface area contributed by atoms with Crippen molar-refractivity contribution in [1.29, 1.82) is 0 Å². The van der Waals surface area contributed by atoms with E-state index in [1.54, 1.807) is 12.1 Å². The number of aromatic nitrogens is 3. The lowest BCUT2D eigenvalue weighted by atomic mass is 10.1. The van der Waals surface area contributed by atoms with E-state index in [4.69, 9.17) is 0 Å². The number of nitrogens with one attached hydrogen (secondary N) is 1. The molecule has 0 fully saturated rings. The summed E-state index contributed by atoms with van der Waals surface area (Å²) < 4.78 is 41.0. The molecule has 0 atom stereocenters. The summed E-state index contributed by atoms with van der Waals surface area (Å²) in [5, 5.41) is 9.68. The first-order chi connectivity index (χ1) is 11.8. The van der Waals surface area contributed by atoms with Crippen molar-refractivity contribution < 1.29 is 18.3 Å². The Morgan fingerprint density at radius 1 is 1.16 bits per heavy atom. The normalized spacial score (nSPS) is 12.1. The maximum atomic E-state index is 13.6. The van der Waals surface area contributed by atoms with Gasteiger partial charge in [-0.05, 0) is 18.2 Å². The summed E-state index contributed by atoms with van der Waals surface area (Å²) in [7, 11) is 0. The van der Waals surface area contributed by atoms with Gasteiger partial charge in [0.15, 0.2) is 0 Å². The zero-order valence-corrected chi connectivity index (χ0v) is 13.1. The molecule has 5 nitrogen and oxygen atoms in total. The molecular formula is C16H8F3N3O2S. The Morgan fingerprint density at radius 2 is 1.88 bits per heavy atom. The molecular weight excluding hydrogens is 355 g/mol. The van der Waals surface area contributed by atoms with Crippen molar-refractivity contribution in [2.75, 3.05) is 0 Å². The van der Waals surface area contributed by atoms with Gasteiger partial charge < -0.3 is 10.1 Å². The maximum absolute atomic E-state index is 13.6. The van der Waals surface area contributed by atoms with Gasteiger partial charge in [0, 0.05) is 29.4 Å². The number of rotatable bonds is 1. The Morgan fingerprint density at radius 3 is 2.56 bits per heavy atom. The van der Waals surface area contributed by atoms with Crippen LogP contribution in [0.2, 0.25) is 0 Å². The van der Waals surface area contributed by atoms with Crippen LogP contribution in [-0.2, 0) is 6.18 Å². The quantitative estimate of drug-likeness (QED) is 0.537. The van der Waals surface area contributed by atoms with Crippen LogP contribution in [0, 0.1) is 0 Å². The van der Waals surface area contributed by atoms with E-state index in [-0.39, 0.29) is 31.9 Å². The van der Waals surface area contributed by atoms with E-state index in [0.717, 1.165) is 23.5 Å². The molecule has 0 saturated carbocycles. The number of thiophene rings is 1. The summed E-state index contributed by atoms with van der Waals surface area (Å²) in [5.74, 6) is -0.375. The molecule has 4 rings (SSSR count). The third-order valence-electron chi connectivity index (χ3n) is 3.69. The number of H-pyrrole nitrogens is 1. The zero-order chi connectivity index (χ0) is 17.8. The van der Waals surface area contributed by atoms with Crippen LogP contribution < -0.4 is 5.56 Å². The van der Waals surface area contributed by atoms with Gasteiger partial charge in [0.05, 0.1) is 21.5 Å². The lowest BCUT2D eigenvalue weighted by Gasteiger charge is -2.10. The molecule has 4 aromatic heterocycles. The van der Waals surface area contributed by atoms with Crippen LogP contribution in [0.3, 0.4) is 0 Å². The monoisotopic (exact) mass is 363 g/mol. The SMILES string of the molecule is O=c1cc(O)c2sc3nc(-c4ccncc4)cc(C(F)(F)F)c3c2[nH]1. The highest BCUT2D eigenvalue weighted by Crippen LogP contribution is 2.44. The van der Waals surface area contributed by atoms with Gasteiger partial charge in [-0.25, -0.2) is 4.98 Å². The number of aromatic hydroxyl groups is 1. The lowest BCUT2D eigenvalue weighted by molar-refractivity contribution is -0.136. The van der Waals surface area contributed by atoms with Crippen molar-refractivity contribution >= 4 is 31.8 Å². The number of pyridine rings is 3. The van der Waals surface area contributed by atoms with Crippen LogP contribution >= 0.6 is 11.3 Å². The van der Waals surface area contributed by atoms with Crippen molar-refractivity contribution in [1.82, 2.24) is 15.0 Å². The number of aromatic amines is 1. The van der Waals surface area contributed by atoms with Gasteiger partial charge in [-0.1, -0.05) is 0 Å². The first-order valence-corrected chi connectivity index (χ1v) is 7.83. The molecule has 0 bridgehead atoms. The van der Waals surface area contributed by atoms with Crippen LogP contribution in [0.5, 0.6) is 5.75 Å². The van der Waals surface area contributed by atoms with E-state index in [1.807, 2.05) is 0 Å². The number of alkyl halides is 3. The molecule has 0 amide bonds. The maximum Gasteiger partial charge on any atom is 0.417 e. The fraction of sp³-hybridized carbons (Fsp3) is 0.0625. The fourth-order valence-corrected chi connectivity index (χ4v) is 3.71. The lowest BCUT2D eigenvalue weighted by Crippen LogP contribution is -2.08. The van der Waals surface area contributed by atoms with E-state index in [1.165, 1.54) is 12.4 Å². The van der Waals surface area contributed by atoms with Crippen LogP contribution in [0.1, 0.15) is 5.56 Å². The molecule has 0 radical (unpaired) electrons. The minimum Gasteiger partial charge on any atom is -0.506 e. The molecule has 0 aliphatic carbocycles. The molecule has 25 heavy (non-hydrogen) atoms. The molecule has 0 spiro atoms. The minimum absolute atomic E-state index is 0.0638. The first-order valence-electron chi connectivity index (χ1n) is 7.02. The molecule has 0 aromatic carbocycles. The number of halogens is 3. The summed E-state index contributed by atoms with van der Waals surface area (Å²) in [6.07, 6.45) is -1.73. The average Bonchev–Trinajstić information content (AvgIpc) is 2.93. The number of fused-ring (bicyclic) bond motifs is 3. The highest BCUT2D eigenvalue weighted by atomic mass is 32.1. The van der Waals surface area contributed by atoms with Gasteiger partial charge in [-0.3, -0.25) is 9.78 Å². The van der Waals surface area contributed by atoms with Crippen molar-refractivity contribution in [3.63, 3.8) is 0 Å². The first kappa shape index (κ1) is 15.6. The molecule has 0 aliphatic heterocycles. The summed E-state index contributed by atoms with van der Waals surface area (Å²) in [5.41, 5.74) is -1.05. The Bertz CT molecular complexity index is 1170. The van der Waals surface area contributed by atoms with Crippen LogP contribution in [0.15, 0.2) is 41.5 Å².